The largest absolute Gasteiger partial charge is 0.497 e. The second-order valence-corrected chi connectivity index (χ2v) is 7.59. The fourth-order valence-corrected chi connectivity index (χ4v) is 4.01. The first kappa shape index (κ1) is 20.1. The number of aromatic nitrogens is 1. The summed E-state index contributed by atoms with van der Waals surface area (Å²) in [7, 11) is 1.63. The number of amides is 1. The molecule has 1 atom stereocenters. The summed E-state index contributed by atoms with van der Waals surface area (Å²) in [6, 6.07) is 20.2. The number of carbonyl (C=O) groups is 1. The molecule has 5 heteroatoms. The maximum Gasteiger partial charge on any atom is 0.227 e. The van der Waals surface area contributed by atoms with Crippen LogP contribution in [0.2, 0.25) is 0 Å². The van der Waals surface area contributed by atoms with Crippen molar-refractivity contribution in [3.8, 4) is 5.75 Å². The molecule has 1 fully saturated rings. The molecule has 1 saturated heterocycles. The van der Waals surface area contributed by atoms with Gasteiger partial charge in [-0.05, 0) is 54.3 Å². The number of methoxy groups -OCH3 is 1. The molecule has 0 spiro atoms. The molecule has 4 rings (SSSR count). The van der Waals surface area contributed by atoms with Gasteiger partial charge in [0.05, 0.1) is 25.3 Å². The van der Waals surface area contributed by atoms with Crippen molar-refractivity contribution >= 4 is 5.91 Å². The summed E-state index contributed by atoms with van der Waals surface area (Å²) < 4.78 is 19.2. The highest BCUT2D eigenvalue weighted by molar-refractivity contribution is 5.79. The molecular weight excluding hydrogens is 379 g/mol. The lowest BCUT2D eigenvalue weighted by molar-refractivity contribution is -0.131. The predicted octanol–water partition coefficient (Wildman–Crippen LogP) is 4.73. The third kappa shape index (κ3) is 4.51. The van der Waals surface area contributed by atoms with Gasteiger partial charge in [-0.15, -0.1) is 0 Å². The predicted molar refractivity (Wildman–Crippen MR) is 114 cm³/mol. The molecule has 30 heavy (non-hydrogen) atoms. The van der Waals surface area contributed by atoms with Gasteiger partial charge in [-0.25, -0.2) is 4.39 Å². The van der Waals surface area contributed by atoms with E-state index in [1.807, 2.05) is 53.4 Å². The highest BCUT2D eigenvalue weighted by Gasteiger charge is 2.30. The first-order chi connectivity index (χ1) is 14.6. The summed E-state index contributed by atoms with van der Waals surface area (Å²) in [5.41, 5.74) is 3.28. The van der Waals surface area contributed by atoms with E-state index in [4.69, 9.17) is 9.72 Å². The Balaban J connectivity index is 1.48. The second kappa shape index (κ2) is 9.08. The molecule has 154 valence electrons. The number of benzene rings is 2. The second-order valence-electron chi connectivity index (χ2n) is 7.59. The van der Waals surface area contributed by atoms with Crippen LogP contribution in [0.25, 0.3) is 0 Å². The lowest BCUT2D eigenvalue weighted by atomic mass is 10.1. The Kier molecular flexibility index (Phi) is 6.07. The first-order valence-corrected chi connectivity index (χ1v) is 10.3. The Morgan fingerprint density at radius 3 is 2.67 bits per heavy atom. The van der Waals surface area contributed by atoms with Crippen LogP contribution in [0.5, 0.6) is 5.75 Å². The van der Waals surface area contributed by atoms with Crippen LogP contribution in [0.3, 0.4) is 0 Å². The van der Waals surface area contributed by atoms with E-state index in [0.717, 1.165) is 42.1 Å². The Morgan fingerprint density at radius 1 is 1.10 bits per heavy atom. The van der Waals surface area contributed by atoms with Crippen LogP contribution >= 0.6 is 0 Å². The minimum Gasteiger partial charge on any atom is -0.497 e. The van der Waals surface area contributed by atoms with E-state index in [9.17, 15) is 9.18 Å². The molecule has 2 aromatic carbocycles. The Labute approximate surface area is 176 Å². The molecule has 0 N–H and O–H groups in total. The molecule has 1 amide bonds. The van der Waals surface area contributed by atoms with Crippen LogP contribution in [0.4, 0.5) is 4.39 Å². The Hall–Kier alpha value is -3.21. The summed E-state index contributed by atoms with van der Waals surface area (Å²) in [5, 5.41) is 0. The normalized spacial score (nSPS) is 15.9. The lowest BCUT2D eigenvalue weighted by Gasteiger charge is -2.25. The number of rotatable bonds is 6. The molecule has 1 unspecified atom stereocenters. The minimum atomic E-state index is -0.220. The number of carbonyl (C=O) groups excluding carboxylic acids is 1. The molecule has 4 nitrogen and oxygen atoms in total. The van der Waals surface area contributed by atoms with E-state index in [-0.39, 0.29) is 17.8 Å². The number of likely N-dealkylation sites (tertiary alicyclic amines) is 1. The topological polar surface area (TPSA) is 42.4 Å². The minimum absolute atomic E-state index is 0.0312. The molecule has 0 bridgehead atoms. The molecule has 3 aromatic rings. The number of pyridine rings is 1. The number of hydrogen-bond acceptors (Lipinski definition) is 3. The average Bonchev–Trinajstić information content (AvgIpc) is 3.26. The zero-order valence-electron chi connectivity index (χ0n) is 17.1. The first-order valence-electron chi connectivity index (χ1n) is 10.3. The molecule has 0 saturated carbocycles. The molecule has 1 aromatic heterocycles. The van der Waals surface area contributed by atoms with Crippen molar-refractivity contribution in [2.45, 2.75) is 31.7 Å². The van der Waals surface area contributed by atoms with Gasteiger partial charge in [0.2, 0.25) is 5.91 Å². The van der Waals surface area contributed by atoms with Crippen molar-refractivity contribution in [2.24, 2.45) is 0 Å². The summed E-state index contributed by atoms with van der Waals surface area (Å²) in [4.78, 5) is 19.7. The standard InChI is InChI=1S/C25H25FN2O2/c1-30-21-13-11-18(12-14-21)16-25(29)28-15-5-10-24(28)23-9-4-7-20(27-23)17-19-6-2-3-8-22(19)26/h2-4,6-9,11-14,24H,5,10,15-17H2,1H3. The van der Waals surface area contributed by atoms with E-state index < -0.39 is 0 Å². The van der Waals surface area contributed by atoms with Gasteiger partial charge in [0.1, 0.15) is 11.6 Å². The SMILES string of the molecule is COc1ccc(CC(=O)N2CCCC2c2cccc(Cc3ccccc3F)n2)cc1. The molecule has 0 radical (unpaired) electrons. The smallest absolute Gasteiger partial charge is 0.227 e. The van der Waals surface area contributed by atoms with Gasteiger partial charge in [-0.1, -0.05) is 36.4 Å². The fraction of sp³-hybridized carbons (Fsp3) is 0.280. The van der Waals surface area contributed by atoms with Gasteiger partial charge in [0.25, 0.3) is 0 Å². The van der Waals surface area contributed by atoms with Crippen LogP contribution in [-0.2, 0) is 17.6 Å². The van der Waals surface area contributed by atoms with Crippen LogP contribution in [0.15, 0.2) is 66.7 Å². The number of halogens is 1. The van der Waals surface area contributed by atoms with E-state index in [1.54, 1.807) is 19.2 Å². The third-order valence-electron chi connectivity index (χ3n) is 5.59. The maximum absolute atomic E-state index is 14.0. The van der Waals surface area contributed by atoms with Crippen LogP contribution < -0.4 is 4.74 Å². The molecule has 2 heterocycles. The van der Waals surface area contributed by atoms with Crippen LogP contribution in [-0.4, -0.2) is 29.4 Å². The summed E-state index contributed by atoms with van der Waals surface area (Å²) in [6.45, 7) is 0.735. The number of ether oxygens (including phenoxy) is 1. The third-order valence-corrected chi connectivity index (χ3v) is 5.59. The van der Waals surface area contributed by atoms with Crippen molar-refractivity contribution in [1.29, 1.82) is 0 Å². The van der Waals surface area contributed by atoms with Crippen molar-refractivity contribution in [3.63, 3.8) is 0 Å². The quantitative estimate of drug-likeness (QED) is 0.597. The highest BCUT2D eigenvalue weighted by Crippen LogP contribution is 2.32. The zero-order valence-corrected chi connectivity index (χ0v) is 17.1. The van der Waals surface area contributed by atoms with Crippen molar-refractivity contribution in [1.82, 2.24) is 9.88 Å². The van der Waals surface area contributed by atoms with E-state index in [1.165, 1.54) is 6.07 Å². The van der Waals surface area contributed by atoms with E-state index >= 15 is 0 Å². The van der Waals surface area contributed by atoms with Gasteiger partial charge < -0.3 is 9.64 Å². The molecule has 0 aliphatic carbocycles. The molecule has 1 aliphatic heterocycles. The Bertz CT molecular complexity index is 1020. The lowest BCUT2D eigenvalue weighted by Crippen LogP contribution is -2.32. The van der Waals surface area contributed by atoms with Crippen molar-refractivity contribution in [2.75, 3.05) is 13.7 Å². The molecule has 1 aliphatic rings. The van der Waals surface area contributed by atoms with Crippen molar-refractivity contribution < 1.29 is 13.9 Å². The van der Waals surface area contributed by atoms with Gasteiger partial charge in [-0.3, -0.25) is 9.78 Å². The van der Waals surface area contributed by atoms with Gasteiger partial charge in [0, 0.05) is 18.7 Å². The fourth-order valence-electron chi connectivity index (χ4n) is 4.01. The van der Waals surface area contributed by atoms with Gasteiger partial charge in [0.15, 0.2) is 0 Å². The molecular formula is C25H25FN2O2. The Morgan fingerprint density at radius 2 is 1.90 bits per heavy atom. The monoisotopic (exact) mass is 404 g/mol. The summed E-state index contributed by atoms with van der Waals surface area (Å²) in [6.07, 6.45) is 2.64. The van der Waals surface area contributed by atoms with Gasteiger partial charge in [-0.2, -0.15) is 0 Å². The van der Waals surface area contributed by atoms with Crippen LogP contribution in [0.1, 0.15) is 41.4 Å². The maximum atomic E-state index is 14.0. The number of nitrogens with zero attached hydrogens (tertiary/aromatic N) is 2. The number of hydrogen-bond donors (Lipinski definition) is 0. The summed E-state index contributed by atoms with van der Waals surface area (Å²) in [5.74, 6) is 0.659. The van der Waals surface area contributed by atoms with Gasteiger partial charge >= 0.3 is 0 Å². The van der Waals surface area contributed by atoms with E-state index in [2.05, 4.69) is 0 Å². The van der Waals surface area contributed by atoms with E-state index in [0.29, 0.717) is 18.4 Å². The average molecular weight is 404 g/mol. The van der Waals surface area contributed by atoms with Crippen molar-refractivity contribution in [3.05, 3.63) is 95.1 Å². The highest BCUT2D eigenvalue weighted by atomic mass is 19.1. The van der Waals surface area contributed by atoms with Crippen LogP contribution in [0, 0.1) is 5.82 Å². The summed E-state index contributed by atoms with van der Waals surface area (Å²) >= 11 is 0. The zero-order chi connectivity index (χ0) is 20.9.